The van der Waals surface area contributed by atoms with Gasteiger partial charge in [0.2, 0.25) is 0 Å². The van der Waals surface area contributed by atoms with Crippen LogP contribution in [-0.2, 0) is 9.53 Å². The molecule has 1 aromatic carbocycles. The summed E-state index contributed by atoms with van der Waals surface area (Å²) in [6, 6.07) is 6.78. The number of hydrogen-bond donors (Lipinski definition) is 1. The van der Waals surface area contributed by atoms with Crippen LogP contribution in [0.15, 0.2) is 36.1 Å². The molecule has 0 aliphatic rings. The highest BCUT2D eigenvalue weighted by Gasteiger charge is 2.03. The number of anilines is 1. The summed E-state index contributed by atoms with van der Waals surface area (Å²) in [7, 11) is 1.50. The summed E-state index contributed by atoms with van der Waals surface area (Å²) in [5.41, 5.74) is 1.15. The van der Waals surface area contributed by atoms with Crippen molar-refractivity contribution in [1.82, 2.24) is 0 Å². The number of ether oxygens (including phenoxy) is 1. The Kier molecular flexibility index (Phi) is 4.46. The van der Waals surface area contributed by atoms with Gasteiger partial charge >= 0.3 is 0 Å². The molecule has 0 radical (unpaired) electrons. The first kappa shape index (κ1) is 13.0. The lowest BCUT2D eigenvalue weighted by Crippen LogP contribution is -2.09. The first-order chi connectivity index (χ1) is 8.02. The number of methoxy groups -OCH3 is 1. The number of carbonyl (C=O) groups is 2. The highest BCUT2D eigenvalue weighted by Crippen LogP contribution is 2.11. The number of nitrogens with one attached hydrogen (secondary N) is 1. The summed E-state index contributed by atoms with van der Waals surface area (Å²) in [5, 5.41) is 2.65. The lowest BCUT2D eigenvalue weighted by atomic mass is 10.1. The Morgan fingerprint density at radius 2 is 2.00 bits per heavy atom. The minimum absolute atomic E-state index is 0.0373. The van der Waals surface area contributed by atoms with Crippen LogP contribution in [0.1, 0.15) is 24.2 Å². The second kappa shape index (κ2) is 5.84. The fourth-order valence-electron chi connectivity index (χ4n) is 1.24. The van der Waals surface area contributed by atoms with Crippen molar-refractivity contribution in [3.05, 3.63) is 41.7 Å². The highest BCUT2D eigenvalue weighted by atomic mass is 16.5. The number of benzene rings is 1. The Hall–Kier alpha value is -2.10. The van der Waals surface area contributed by atoms with Crippen LogP contribution in [0.25, 0.3) is 0 Å². The largest absolute Gasteiger partial charge is 0.501 e. The normalized spacial score (nSPS) is 10.9. The van der Waals surface area contributed by atoms with Gasteiger partial charge in [0, 0.05) is 17.3 Å². The predicted octanol–water partition coefficient (Wildman–Crippen LogP) is 2.38. The summed E-state index contributed by atoms with van der Waals surface area (Å²) in [6.45, 7) is 3.17. The molecule has 0 saturated heterocycles. The molecule has 4 heteroatoms. The zero-order valence-electron chi connectivity index (χ0n) is 10.1. The van der Waals surface area contributed by atoms with E-state index < -0.39 is 0 Å². The van der Waals surface area contributed by atoms with E-state index in [1.54, 1.807) is 31.2 Å². The number of carbonyl (C=O) groups excluding carboxylic acids is 2. The molecule has 0 aliphatic carbocycles. The van der Waals surface area contributed by atoms with Crippen molar-refractivity contribution in [2.24, 2.45) is 0 Å². The third-order valence-electron chi connectivity index (χ3n) is 2.19. The Bertz CT molecular complexity index is 463. The number of allylic oxidation sites excluding steroid dienone is 1. The van der Waals surface area contributed by atoms with Crippen LogP contribution in [0.4, 0.5) is 5.69 Å². The SMILES string of the molecule is COC(C)=CC(=O)Nc1cccc(C(C)=O)c1. The smallest absolute Gasteiger partial charge is 0.251 e. The van der Waals surface area contributed by atoms with Gasteiger partial charge in [-0.1, -0.05) is 12.1 Å². The third kappa shape index (κ3) is 4.10. The van der Waals surface area contributed by atoms with Crippen molar-refractivity contribution in [2.45, 2.75) is 13.8 Å². The maximum atomic E-state index is 11.5. The molecule has 0 saturated carbocycles. The van der Waals surface area contributed by atoms with Crippen LogP contribution in [0.2, 0.25) is 0 Å². The first-order valence-corrected chi connectivity index (χ1v) is 5.17. The zero-order valence-corrected chi connectivity index (χ0v) is 10.1. The summed E-state index contributed by atoms with van der Waals surface area (Å²) in [4.78, 5) is 22.7. The van der Waals surface area contributed by atoms with E-state index in [9.17, 15) is 9.59 Å². The van der Waals surface area contributed by atoms with Crippen LogP contribution in [0.5, 0.6) is 0 Å². The molecule has 1 N–H and O–H groups in total. The van der Waals surface area contributed by atoms with Gasteiger partial charge in [0.15, 0.2) is 5.78 Å². The van der Waals surface area contributed by atoms with Gasteiger partial charge in [0.25, 0.3) is 5.91 Å². The van der Waals surface area contributed by atoms with E-state index >= 15 is 0 Å². The van der Waals surface area contributed by atoms with Crippen molar-refractivity contribution in [1.29, 1.82) is 0 Å². The molecule has 0 atom stereocenters. The summed E-state index contributed by atoms with van der Waals surface area (Å²) in [5.74, 6) is 0.194. The van der Waals surface area contributed by atoms with Gasteiger partial charge < -0.3 is 10.1 Å². The maximum absolute atomic E-state index is 11.5. The van der Waals surface area contributed by atoms with Crippen molar-refractivity contribution >= 4 is 17.4 Å². The molecule has 0 fully saturated rings. The molecule has 0 aliphatic heterocycles. The molecule has 1 rings (SSSR count). The van der Waals surface area contributed by atoms with Gasteiger partial charge in [-0.2, -0.15) is 0 Å². The topological polar surface area (TPSA) is 55.4 Å². The van der Waals surface area contributed by atoms with Crippen LogP contribution in [0, 0.1) is 0 Å². The third-order valence-corrected chi connectivity index (χ3v) is 2.19. The Labute approximate surface area is 100 Å². The summed E-state index contributed by atoms with van der Waals surface area (Å²) >= 11 is 0. The number of rotatable bonds is 4. The molecule has 1 amide bonds. The quantitative estimate of drug-likeness (QED) is 0.493. The molecule has 90 valence electrons. The van der Waals surface area contributed by atoms with Crippen molar-refractivity contribution < 1.29 is 14.3 Å². The van der Waals surface area contributed by atoms with Crippen LogP contribution in [-0.4, -0.2) is 18.8 Å². The molecule has 0 unspecified atom stereocenters. The second-order valence-electron chi connectivity index (χ2n) is 3.59. The van der Waals surface area contributed by atoms with E-state index in [1.807, 2.05) is 0 Å². The van der Waals surface area contributed by atoms with Gasteiger partial charge in [-0.3, -0.25) is 9.59 Å². The molecular formula is C13H15NO3. The van der Waals surface area contributed by atoms with Gasteiger partial charge in [0.05, 0.1) is 12.9 Å². The second-order valence-corrected chi connectivity index (χ2v) is 3.59. The molecule has 0 aromatic heterocycles. The molecule has 0 heterocycles. The minimum atomic E-state index is -0.287. The average Bonchev–Trinajstić information content (AvgIpc) is 2.28. The lowest BCUT2D eigenvalue weighted by Gasteiger charge is -2.04. The first-order valence-electron chi connectivity index (χ1n) is 5.17. The average molecular weight is 233 g/mol. The molecule has 0 bridgehead atoms. The Morgan fingerprint density at radius 3 is 2.59 bits per heavy atom. The van der Waals surface area contributed by atoms with E-state index in [4.69, 9.17) is 4.74 Å². The van der Waals surface area contributed by atoms with Crippen molar-refractivity contribution in [3.8, 4) is 0 Å². The van der Waals surface area contributed by atoms with E-state index in [-0.39, 0.29) is 11.7 Å². The number of ketones is 1. The summed E-state index contributed by atoms with van der Waals surface area (Å²) in [6.07, 6.45) is 1.35. The fraction of sp³-hybridized carbons (Fsp3) is 0.231. The number of hydrogen-bond acceptors (Lipinski definition) is 3. The molecule has 1 aromatic rings. The Balaban J connectivity index is 2.79. The summed E-state index contributed by atoms with van der Waals surface area (Å²) < 4.78 is 4.87. The molecule has 17 heavy (non-hydrogen) atoms. The van der Waals surface area contributed by atoms with Gasteiger partial charge in [-0.25, -0.2) is 0 Å². The van der Waals surface area contributed by atoms with Crippen LogP contribution in [0.3, 0.4) is 0 Å². The number of Topliss-reactive ketones (excluding diaryl/α,β-unsaturated/α-hetero) is 1. The zero-order chi connectivity index (χ0) is 12.8. The van der Waals surface area contributed by atoms with E-state index in [2.05, 4.69) is 5.32 Å². The van der Waals surface area contributed by atoms with Crippen LogP contribution < -0.4 is 5.32 Å². The van der Waals surface area contributed by atoms with Crippen LogP contribution >= 0.6 is 0 Å². The number of amides is 1. The van der Waals surface area contributed by atoms with E-state index in [0.717, 1.165) is 0 Å². The monoisotopic (exact) mass is 233 g/mol. The minimum Gasteiger partial charge on any atom is -0.501 e. The standard InChI is InChI=1S/C13H15NO3/c1-9(17-3)7-13(16)14-12-6-4-5-11(8-12)10(2)15/h4-8H,1-3H3,(H,14,16). The molecule has 4 nitrogen and oxygen atoms in total. The van der Waals surface area contributed by atoms with E-state index in [1.165, 1.54) is 20.1 Å². The van der Waals surface area contributed by atoms with Gasteiger partial charge in [-0.15, -0.1) is 0 Å². The lowest BCUT2D eigenvalue weighted by molar-refractivity contribution is -0.112. The fourth-order valence-corrected chi connectivity index (χ4v) is 1.24. The molecular weight excluding hydrogens is 218 g/mol. The van der Waals surface area contributed by atoms with Gasteiger partial charge in [-0.05, 0) is 26.0 Å². The Morgan fingerprint density at radius 1 is 1.29 bits per heavy atom. The van der Waals surface area contributed by atoms with E-state index in [0.29, 0.717) is 17.0 Å². The van der Waals surface area contributed by atoms with Gasteiger partial charge in [0.1, 0.15) is 0 Å². The maximum Gasteiger partial charge on any atom is 0.251 e. The predicted molar refractivity (Wildman–Crippen MR) is 65.8 cm³/mol. The van der Waals surface area contributed by atoms with Crippen molar-refractivity contribution in [3.63, 3.8) is 0 Å². The van der Waals surface area contributed by atoms with Crippen molar-refractivity contribution in [2.75, 3.05) is 12.4 Å². The highest BCUT2D eigenvalue weighted by molar-refractivity contribution is 6.01. The molecule has 0 spiro atoms.